The highest BCUT2D eigenvalue weighted by Crippen LogP contribution is 2.34. The molecule has 2 aromatic carbocycles. The number of nitrogens with zero attached hydrogens (tertiary/aromatic N) is 2. The third-order valence-electron chi connectivity index (χ3n) is 4.31. The van der Waals surface area contributed by atoms with Crippen molar-refractivity contribution in [3.05, 3.63) is 64.2 Å². The first-order chi connectivity index (χ1) is 12.4. The number of rotatable bonds is 3. The minimum atomic E-state index is -0.819. The molecule has 0 radical (unpaired) electrons. The highest BCUT2D eigenvalue weighted by Gasteiger charge is 2.27. The quantitative estimate of drug-likeness (QED) is 0.783. The van der Waals surface area contributed by atoms with E-state index in [1.807, 2.05) is 0 Å². The lowest BCUT2D eigenvalue weighted by atomic mass is 10.1. The number of carbonyl (C=O) groups excluding carboxylic acids is 1. The van der Waals surface area contributed by atoms with Gasteiger partial charge >= 0.3 is 0 Å². The van der Waals surface area contributed by atoms with Crippen LogP contribution >= 0.6 is 0 Å². The molecule has 26 heavy (non-hydrogen) atoms. The molecule has 1 aromatic heterocycles. The van der Waals surface area contributed by atoms with E-state index in [1.165, 1.54) is 44.0 Å². The van der Waals surface area contributed by atoms with E-state index < -0.39 is 28.6 Å². The Labute approximate surface area is 148 Å². The number of aryl methyl sites for hydroxylation is 1. The summed E-state index contributed by atoms with van der Waals surface area (Å²) in [7, 11) is 4.25. The summed E-state index contributed by atoms with van der Waals surface area (Å²) in [6, 6.07) is 10.6. The molecule has 0 spiro atoms. The molecule has 0 unspecified atom stereocenters. The molecule has 0 saturated carbocycles. The fourth-order valence-electron chi connectivity index (χ4n) is 2.90. The Bertz CT molecular complexity index is 1080. The first kappa shape index (κ1) is 17.5. The van der Waals surface area contributed by atoms with E-state index in [-0.39, 0.29) is 11.1 Å². The number of pyridine rings is 1. The van der Waals surface area contributed by atoms with Crippen molar-refractivity contribution in [2.45, 2.75) is 0 Å². The average Bonchev–Trinajstić information content (AvgIpc) is 2.65. The summed E-state index contributed by atoms with van der Waals surface area (Å²) >= 11 is 0. The van der Waals surface area contributed by atoms with Gasteiger partial charge in [-0.25, -0.2) is 4.39 Å². The molecule has 7 heteroatoms. The molecule has 0 aliphatic carbocycles. The predicted octanol–water partition coefficient (Wildman–Crippen LogP) is 2.67. The van der Waals surface area contributed by atoms with Crippen LogP contribution in [0.2, 0.25) is 0 Å². The standard InChI is InChI=1S/C19H17FN2O4/c1-21(12-8-5-4-7-11(12)20)18(24)16-17(23)15-13(22(2)19(16)25)9-6-10-14(15)26-3/h4-10,23H,1-3H3. The lowest BCUT2D eigenvalue weighted by Crippen LogP contribution is -2.34. The third-order valence-corrected chi connectivity index (χ3v) is 4.31. The molecule has 1 amide bonds. The number of ether oxygens (including phenoxy) is 1. The number of hydrogen-bond acceptors (Lipinski definition) is 4. The monoisotopic (exact) mass is 356 g/mol. The Morgan fingerprint density at radius 2 is 1.88 bits per heavy atom. The zero-order valence-electron chi connectivity index (χ0n) is 14.5. The SMILES string of the molecule is COc1cccc2c1c(O)c(C(=O)N(C)c1ccccc1F)c(=O)n2C. The normalized spacial score (nSPS) is 10.8. The van der Waals surface area contributed by atoms with Gasteiger partial charge in [0.1, 0.15) is 22.9 Å². The number of aromatic hydroxyl groups is 1. The van der Waals surface area contributed by atoms with Gasteiger partial charge in [-0.15, -0.1) is 0 Å². The first-order valence-electron chi connectivity index (χ1n) is 7.79. The number of carbonyl (C=O) groups is 1. The van der Waals surface area contributed by atoms with Crippen LogP contribution in [0.15, 0.2) is 47.3 Å². The van der Waals surface area contributed by atoms with Gasteiger partial charge in [0.2, 0.25) is 0 Å². The van der Waals surface area contributed by atoms with Gasteiger partial charge in [-0.2, -0.15) is 0 Å². The molecule has 0 aliphatic rings. The van der Waals surface area contributed by atoms with Crippen LogP contribution in [0.3, 0.4) is 0 Å². The van der Waals surface area contributed by atoms with E-state index in [0.29, 0.717) is 11.3 Å². The van der Waals surface area contributed by atoms with Crippen molar-refractivity contribution in [2.24, 2.45) is 7.05 Å². The Morgan fingerprint density at radius 1 is 1.19 bits per heavy atom. The minimum Gasteiger partial charge on any atom is -0.506 e. The summed E-state index contributed by atoms with van der Waals surface area (Å²) in [4.78, 5) is 26.6. The molecular weight excluding hydrogens is 339 g/mol. The summed E-state index contributed by atoms with van der Waals surface area (Å²) < 4.78 is 20.5. The molecule has 3 rings (SSSR count). The number of para-hydroxylation sites is 1. The molecule has 134 valence electrons. The minimum absolute atomic E-state index is 0.000855. The van der Waals surface area contributed by atoms with Gasteiger partial charge in [0, 0.05) is 14.1 Å². The number of halogens is 1. The molecule has 3 aromatic rings. The van der Waals surface area contributed by atoms with Gasteiger partial charge in [0.25, 0.3) is 11.5 Å². The summed E-state index contributed by atoms with van der Waals surface area (Å²) in [5.41, 5.74) is -0.720. The molecular formula is C19H17FN2O4. The van der Waals surface area contributed by atoms with Crippen LogP contribution in [0, 0.1) is 5.82 Å². The highest BCUT2D eigenvalue weighted by molar-refractivity contribution is 6.11. The summed E-state index contributed by atoms with van der Waals surface area (Å²) in [5.74, 6) is -1.61. The molecule has 0 fully saturated rings. The molecule has 6 nitrogen and oxygen atoms in total. The van der Waals surface area contributed by atoms with E-state index in [1.54, 1.807) is 24.3 Å². The Morgan fingerprint density at radius 3 is 2.54 bits per heavy atom. The third kappa shape index (κ3) is 2.57. The number of methoxy groups -OCH3 is 1. The second-order valence-corrected chi connectivity index (χ2v) is 5.76. The van der Waals surface area contributed by atoms with Gasteiger partial charge in [-0.05, 0) is 24.3 Å². The van der Waals surface area contributed by atoms with E-state index in [0.717, 1.165) is 4.90 Å². The van der Waals surface area contributed by atoms with Crippen molar-refractivity contribution in [1.82, 2.24) is 4.57 Å². The van der Waals surface area contributed by atoms with Gasteiger partial charge in [0.05, 0.1) is 23.7 Å². The fourth-order valence-corrected chi connectivity index (χ4v) is 2.90. The number of fused-ring (bicyclic) bond motifs is 1. The molecule has 0 bridgehead atoms. The molecule has 0 atom stereocenters. The first-order valence-corrected chi connectivity index (χ1v) is 7.79. The van der Waals surface area contributed by atoms with E-state index >= 15 is 0 Å². The van der Waals surface area contributed by atoms with Gasteiger partial charge in [-0.1, -0.05) is 18.2 Å². The maximum atomic E-state index is 14.0. The zero-order valence-corrected chi connectivity index (χ0v) is 14.5. The van der Waals surface area contributed by atoms with Crippen molar-refractivity contribution in [1.29, 1.82) is 0 Å². The van der Waals surface area contributed by atoms with Crippen molar-refractivity contribution in [2.75, 3.05) is 19.1 Å². The number of anilines is 1. The van der Waals surface area contributed by atoms with E-state index in [2.05, 4.69) is 0 Å². The molecule has 1 heterocycles. The number of amides is 1. The van der Waals surface area contributed by atoms with Crippen LogP contribution in [-0.4, -0.2) is 29.7 Å². The Kier molecular flexibility index (Phi) is 4.38. The number of benzene rings is 2. The van der Waals surface area contributed by atoms with Gasteiger partial charge in [-0.3, -0.25) is 9.59 Å². The number of hydrogen-bond donors (Lipinski definition) is 1. The predicted molar refractivity (Wildman–Crippen MR) is 96.5 cm³/mol. The molecule has 1 N–H and O–H groups in total. The fraction of sp³-hybridized carbons (Fsp3) is 0.158. The van der Waals surface area contributed by atoms with Gasteiger partial charge in [0.15, 0.2) is 0 Å². The van der Waals surface area contributed by atoms with Crippen LogP contribution in [0.25, 0.3) is 10.9 Å². The van der Waals surface area contributed by atoms with Crippen molar-refractivity contribution >= 4 is 22.5 Å². The van der Waals surface area contributed by atoms with Crippen LogP contribution < -0.4 is 15.2 Å². The smallest absolute Gasteiger partial charge is 0.267 e. The van der Waals surface area contributed by atoms with E-state index in [9.17, 15) is 19.1 Å². The Hall–Kier alpha value is -3.35. The molecule has 0 aliphatic heterocycles. The summed E-state index contributed by atoms with van der Waals surface area (Å²) in [6.45, 7) is 0. The zero-order chi connectivity index (χ0) is 19.0. The highest BCUT2D eigenvalue weighted by atomic mass is 19.1. The second-order valence-electron chi connectivity index (χ2n) is 5.76. The number of aromatic nitrogens is 1. The lowest BCUT2D eigenvalue weighted by Gasteiger charge is -2.20. The van der Waals surface area contributed by atoms with Crippen LogP contribution in [-0.2, 0) is 7.05 Å². The van der Waals surface area contributed by atoms with Crippen LogP contribution in [0.1, 0.15) is 10.4 Å². The summed E-state index contributed by atoms with van der Waals surface area (Å²) in [5, 5.41) is 10.9. The topological polar surface area (TPSA) is 71.8 Å². The molecule has 0 saturated heterocycles. The maximum Gasteiger partial charge on any atom is 0.267 e. The van der Waals surface area contributed by atoms with Crippen molar-refractivity contribution in [3.63, 3.8) is 0 Å². The lowest BCUT2D eigenvalue weighted by molar-refractivity contribution is 0.0988. The van der Waals surface area contributed by atoms with Gasteiger partial charge < -0.3 is 19.3 Å². The van der Waals surface area contributed by atoms with E-state index in [4.69, 9.17) is 4.74 Å². The summed E-state index contributed by atoms with van der Waals surface area (Å²) in [6.07, 6.45) is 0. The van der Waals surface area contributed by atoms with Crippen LogP contribution in [0.5, 0.6) is 11.5 Å². The van der Waals surface area contributed by atoms with Crippen LogP contribution in [0.4, 0.5) is 10.1 Å². The van der Waals surface area contributed by atoms with Crippen molar-refractivity contribution in [3.8, 4) is 11.5 Å². The Balaban J connectivity index is 2.27. The maximum absolute atomic E-state index is 14.0. The van der Waals surface area contributed by atoms with Crippen molar-refractivity contribution < 1.29 is 19.0 Å². The average molecular weight is 356 g/mol. The largest absolute Gasteiger partial charge is 0.506 e. The second kappa shape index (κ2) is 6.51.